The van der Waals surface area contributed by atoms with Crippen molar-refractivity contribution in [3.05, 3.63) is 0 Å². The molecule has 0 bridgehead atoms. The zero-order valence-corrected chi connectivity index (χ0v) is 8.84. The van der Waals surface area contributed by atoms with Crippen LogP contribution in [0.1, 0.15) is 52.4 Å². The van der Waals surface area contributed by atoms with E-state index in [4.69, 9.17) is 0 Å². The molecule has 1 rings (SSSR count). The molecule has 0 heterocycles. The first kappa shape index (κ1) is 10.0. The molecule has 0 aromatic heterocycles. The minimum atomic E-state index is 0.771. The average Bonchev–Trinajstić information content (AvgIpc) is 2.17. The second kappa shape index (κ2) is 4.86. The van der Waals surface area contributed by atoms with Gasteiger partial charge in [0.2, 0.25) is 0 Å². The van der Waals surface area contributed by atoms with Crippen LogP contribution in [0.3, 0.4) is 0 Å². The number of nitrogens with zero attached hydrogens (tertiary/aromatic N) is 1. The summed E-state index contributed by atoms with van der Waals surface area (Å²) in [6.07, 6.45) is 8.51. The number of hydrogen-bond acceptors (Lipinski definition) is 1. The summed E-state index contributed by atoms with van der Waals surface area (Å²) in [6.45, 7) is 4.62. The van der Waals surface area contributed by atoms with Crippen molar-refractivity contribution in [2.45, 2.75) is 64.5 Å². The lowest BCUT2D eigenvalue weighted by Gasteiger charge is -2.35. The van der Waals surface area contributed by atoms with E-state index in [1.165, 1.54) is 38.5 Å². The minimum Gasteiger partial charge on any atom is -0.301 e. The highest BCUT2D eigenvalue weighted by Gasteiger charge is 2.20. The summed E-state index contributed by atoms with van der Waals surface area (Å²) in [5.74, 6) is 0. The zero-order chi connectivity index (χ0) is 8.97. The van der Waals surface area contributed by atoms with Crippen molar-refractivity contribution in [2.75, 3.05) is 7.05 Å². The second-order valence-corrected chi connectivity index (χ2v) is 4.21. The van der Waals surface area contributed by atoms with Gasteiger partial charge in [0.1, 0.15) is 0 Å². The molecule has 1 aliphatic carbocycles. The maximum absolute atomic E-state index is 2.58. The summed E-state index contributed by atoms with van der Waals surface area (Å²) in [5.41, 5.74) is 0. The van der Waals surface area contributed by atoms with Crippen LogP contribution in [-0.4, -0.2) is 24.0 Å². The standard InChI is InChI=1S/C11H23N/c1-4-10(2)12(3)11-8-6-5-7-9-11/h10-11H,4-9H2,1-3H3. The molecular formula is C11H23N. The van der Waals surface area contributed by atoms with Crippen LogP contribution in [0.4, 0.5) is 0 Å². The Morgan fingerprint density at radius 1 is 1.25 bits per heavy atom. The van der Waals surface area contributed by atoms with E-state index in [0.717, 1.165) is 12.1 Å². The van der Waals surface area contributed by atoms with E-state index in [-0.39, 0.29) is 0 Å². The molecular weight excluding hydrogens is 146 g/mol. The Balaban J connectivity index is 2.33. The van der Waals surface area contributed by atoms with Crippen LogP contribution >= 0.6 is 0 Å². The Bertz CT molecular complexity index is 116. The van der Waals surface area contributed by atoms with Gasteiger partial charge in [0.15, 0.2) is 0 Å². The molecule has 0 N–H and O–H groups in total. The van der Waals surface area contributed by atoms with Gasteiger partial charge in [0, 0.05) is 12.1 Å². The van der Waals surface area contributed by atoms with E-state index >= 15 is 0 Å². The quantitative estimate of drug-likeness (QED) is 0.627. The fourth-order valence-corrected chi connectivity index (χ4v) is 2.14. The van der Waals surface area contributed by atoms with Gasteiger partial charge in [0.25, 0.3) is 0 Å². The summed E-state index contributed by atoms with van der Waals surface area (Å²) in [7, 11) is 2.30. The maximum atomic E-state index is 2.58. The molecule has 1 nitrogen and oxygen atoms in total. The van der Waals surface area contributed by atoms with Gasteiger partial charge in [0.05, 0.1) is 0 Å². The highest BCUT2D eigenvalue weighted by molar-refractivity contribution is 4.76. The van der Waals surface area contributed by atoms with E-state index in [0.29, 0.717) is 0 Å². The third-order valence-corrected chi connectivity index (χ3v) is 3.44. The molecule has 72 valence electrons. The van der Waals surface area contributed by atoms with Crippen molar-refractivity contribution < 1.29 is 0 Å². The van der Waals surface area contributed by atoms with Crippen LogP contribution in [0.25, 0.3) is 0 Å². The Morgan fingerprint density at radius 2 is 1.83 bits per heavy atom. The first-order valence-corrected chi connectivity index (χ1v) is 5.47. The summed E-state index contributed by atoms with van der Waals surface area (Å²) in [5, 5.41) is 0. The summed E-state index contributed by atoms with van der Waals surface area (Å²) < 4.78 is 0. The first-order chi connectivity index (χ1) is 5.75. The maximum Gasteiger partial charge on any atom is 0.00950 e. The van der Waals surface area contributed by atoms with E-state index in [1.54, 1.807) is 0 Å². The van der Waals surface area contributed by atoms with E-state index in [9.17, 15) is 0 Å². The van der Waals surface area contributed by atoms with Gasteiger partial charge in [-0.15, -0.1) is 0 Å². The number of hydrogen-bond donors (Lipinski definition) is 0. The molecule has 0 amide bonds. The van der Waals surface area contributed by atoms with Gasteiger partial charge < -0.3 is 4.90 Å². The van der Waals surface area contributed by atoms with Crippen molar-refractivity contribution in [1.29, 1.82) is 0 Å². The lowest BCUT2D eigenvalue weighted by Crippen LogP contribution is -2.39. The van der Waals surface area contributed by atoms with Crippen LogP contribution in [-0.2, 0) is 0 Å². The third-order valence-electron chi connectivity index (χ3n) is 3.44. The van der Waals surface area contributed by atoms with Crippen molar-refractivity contribution in [2.24, 2.45) is 0 Å². The van der Waals surface area contributed by atoms with Crippen LogP contribution in [0.2, 0.25) is 0 Å². The minimum absolute atomic E-state index is 0.771. The predicted octanol–water partition coefficient (Wildman–Crippen LogP) is 3.05. The fourth-order valence-electron chi connectivity index (χ4n) is 2.14. The smallest absolute Gasteiger partial charge is 0.00950 e. The summed E-state index contributed by atoms with van der Waals surface area (Å²) >= 11 is 0. The molecule has 1 unspecified atom stereocenters. The van der Waals surface area contributed by atoms with Crippen LogP contribution < -0.4 is 0 Å². The molecule has 0 aromatic carbocycles. The SMILES string of the molecule is CCC(C)N(C)C1CCCCC1. The summed E-state index contributed by atoms with van der Waals surface area (Å²) in [4.78, 5) is 2.58. The Labute approximate surface area is 77.1 Å². The Kier molecular flexibility index (Phi) is 4.07. The van der Waals surface area contributed by atoms with Crippen molar-refractivity contribution in [3.63, 3.8) is 0 Å². The molecule has 1 atom stereocenters. The van der Waals surface area contributed by atoms with Crippen molar-refractivity contribution in [3.8, 4) is 0 Å². The molecule has 12 heavy (non-hydrogen) atoms. The van der Waals surface area contributed by atoms with Gasteiger partial charge in [-0.1, -0.05) is 26.2 Å². The molecule has 0 radical (unpaired) electrons. The Morgan fingerprint density at radius 3 is 2.33 bits per heavy atom. The largest absolute Gasteiger partial charge is 0.301 e. The zero-order valence-electron chi connectivity index (χ0n) is 8.84. The lowest BCUT2D eigenvalue weighted by molar-refractivity contribution is 0.143. The molecule has 0 spiro atoms. The van der Waals surface area contributed by atoms with Gasteiger partial charge in [-0.3, -0.25) is 0 Å². The second-order valence-electron chi connectivity index (χ2n) is 4.21. The highest BCUT2D eigenvalue weighted by atomic mass is 15.2. The predicted molar refractivity (Wildman–Crippen MR) is 54.4 cm³/mol. The molecule has 0 saturated heterocycles. The molecule has 1 fully saturated rings. The van der Waals surface area contributed by atoms with E-state index < -0.39 is 0 Å². The van der Waals surface area contributed by atoms with Crippen LogP contribution in [0.15, 0.2) is 0 Å². The fraction of sp³-hybridized carbons (Fsp3) is 1.00. The monoisotopic (exact) mass is 169 g/mol. The molecule has 0 aromatic rings. The van der Waals surface area contributed by atoms with Gasteiger partial charge in [-0.2, -0.15) is 0 Å². The first-order valence-electron chi connectivity index (χ1n) is 5.47. The normalized spacial score (nSPS) is 23.0. The lowest BCUT2D eigenvalue weighted by atomic mass is 9.93. The van der Waals surface area contributed by atoms with Crippen LogP contribution in [0.5, 0.6) is 0 Å². The van der Waals surface area contributed by atoms with Gasteiger partial charge >= 0.3 is 0 Å². The molecule has 1 aliphatic rings. The van der Waals surface area contributed by atoms with Gasteiger partial charge in [-0.25, -0.2) is 0 Å². The topological polar surface area (TPSA) is 3.24 Å². The average molecular weight is 169 g/mol. The molecule has 1 heteroatoms. The van der Waals surface area contributed by atoms with Gasteiger partial charge in [-0.05, 0) is 33.2 Å². The molecule has 0 aliphatic heterocycles. The van der Waals surface area contributed by atoms with E-state index in [1.807, 2.05) is 0 Å². The third kappa shape index (κ3) is 2.48. The van der Waals surface area contributed by atoms with Crippen molar-refractivity contribution >= 4 is 0 Å². The Hall–Kier alpha value is -0.0400. The van der Waals surface area contributed by atoms with E-state index in [2.05, 4.69) is 25.8 Å². The van der Waals surface area contributed by atoms with Crippen LogP contribution in [0, 0.1) is 0 Å². The number of rotatable bonds is 3. The highest BCUT2D eigenvalue weighted by Crippen LogP contribution is 2.23. The summed E-state index contributed by atoms with van der Waals surface area (Å²) in [6, 6.07) is 1.65. The molecule has 1 saturated carbocycles. The van der Waals surface area contributed by atoms with Crippen molar-refractivity contribution in [1.82, 2.24) is 4.90 Å².